The molecule has 0 aromatic heterocycles. The average Bonchev–Trinajstić information content (AvgIpc) is 2.69. The standard InChI is InChI=1S/C21H24N4O/c1-17(21(26)23-20-5-3-2-4-6-20)25-13-11-24(12-14-25)16-19-9-7-18(15-22)8-10-19/h2-10,17H,11-14,16H2,1H3,(H,23,26)/p+2/t17-/m1/s1. The lowest BCUT2D eigenvalue weighted by Gasteiger charge is -2.32. The van der Waals surface area contributed by atoms with Crippen molar-refractivity contribution >= 4 is 11.6 Å². The number of nitriles is 1. The highest BCUT2D eigenvalue weighted by Gasteiger charge is 2.31. The molecule has 2 aromatic carbocycles. The van der Waals surface area contributed by atoms with Crippen molar-refractivity contribution in [2.24, 2.45) is 0 Å². The van der Waals surface area contributed by atoms with E-state index in [0.717, 1.165) is 38.4 Å². The van der Waals surface area contributed by atoms with E-state index in [9.17, 15) is 4.79 Å². The molecule has 3 rings (SSSR count). The summed E-state index contributed by atoms with van der Waals surface area (Å²) >= 11 is 0. The number of hydrogen-bond donors (Lipinski definition) is 3. The molecule has 1 heterocycles. The van der Waals surface area contributed by atoms with Gasteiger partial charge in [0.25, 0.3) is 5.91 Å². The van der Waals surface area contributed by atoms with E-state index in [0.29, 0.717) is 5.56 Å². The quantitative estimate of drug-likeness (QED) is 0.703. The summed E-state index contributed by atoms with van der Waals surface area (Å²) in [6.45, 7) is 7.09. The molecule has 0 unspecified atom stereocenters. The van der Waals surface area contributed by atoms with Crippen LogP contribution in [0.3, 0.4) is 0 Å². The minimum absolute atomic E-state index is 0.0494. The van der Waals surface area contributed by atoms with Gasteiger partial charge in [0.15, 0.2) is 6.04 Å². The van der Waals surface area contributed by atoms with Crippen molar-refractivity contribution in [3.63, 3.8) is 0 Å². The summed E-state index contributed by atoms with van der Waals surface area (Å²) in [5.41, 5.74) is 2.82. The van der Waals surface area contributed by atoms with Crippen molar-refractivity contribution in [1.82, 2.24) is 0 Å². The molecule has 1 aliphatic rings. The Balaban J connectivity index is 1.48. The van der Waals surface area contributed by atoms with E-state index in [1.807, 2.05) is 61.5 Å². The third-order valence-corrected chi connectivity index (χ3v) is 5.18. The number of nitrogens with zero attached hydrogens (tertiary/aromatic N) is 1. The summed E-state index contributed by atoms with van der Waals surface area (Å²) < 4.78 is 0. The number of carbonyl (C=O) groups excluding carboxylic acids is 1. The number of rotatable bonds is 5. The van der Waals surface area contributed by atoms with Gasteiger partial charge >= 0.3 is 0 Å². The number of carbonyl (C=O) groups is 1. The van der Waals surface area contributed by atoms with Crippen LogP contribution in [0, 0.1) is 11.3 Å². The zero-order chi connectivity index (χ0) is 18.4. The molecule has 1 amide bonds. The third-order valence-electron chi connectivity index (χ3n) is 5.18. The maximum atomic E-state index is 12.5. The third kappa shape index (κ3) is 4.69. The van der Waals surface area contributed by atoms with Gasteiger partial charge < -0.3 is 15.1 Å². The van der Waals surface area contributed by atoms with Gasteiger partial charge in [-0.1, -0.05) is 30.3 Å². The number of hydrogen-bond acceptors (Lipinski definition) is 2. The topological polar surface area (TPSA) is 61.8 Å². The van der Waals surface area contributed by atoms with E-state index in [1.165, 1.54) is 15.4 Å². The molecule has 1 atom stereocenters. The maximum Gasteiger partial charge on any atom is 0.282 e. The molecule has 5 heteroatoms. The van der Waals surface area contributed by atoms with Crippen molar-refractivity contribution < 1.29 is 14.6 Å². The van der Waals surface area contributed by atoms with Crippen LogP contribution in [0.1, 0.15) is 18.1 Å². The minimum Gasteiger partial charge on any atom is -0.322 e. The first kappa shape index (κ1) is 18.1. The first-order valence-electron chi connectivity index (χ1n) is 9.19. The predicted molar refractivity (Wildman–Crippen MR) is 101 cm³/mol. The number of benzene rings is 2. The lowest BCUT2D eigenvalue weighted by molar-refractivity contribution is -1.02. The number of quaternary nitrogens is 2. The van der Waals surface area contributed by atoms with E-state index >= 15 is 0 Å². The SMILES string of the molecule is C[C@H](C(=O)Nc1ccccc1)[NH+]1CC[NH+](Cc2ccc(C#N)cc2)CC1. The molecule has 0 spiro atoms. The molecule has 0 bridgehead atoms. The Kier molecular flexibility index (Phi) is 6.00. The first-order valence-corrected chi connectivity index (χ1v) is 9.19. The van der Waals surface area contributed by atoms with Crippen LogP contribution in [0.2, 0.25) is 0 Å². The van der Waals surface area contributed by atoms with Gasteiger partial charge in [0, 0.05) is 11.3 Å². The Morgan fingerprint density at radius 3 is 2.35 bits per heavy atom. The summed E-state index contributed by atoms with van der Waals surface area (Å²) in [6, 6.07) is 19.6. The predicted octanol–water partition coefficient (Wildman–Crippen LogP) is -0.131. The lowest BCUT2D eigenvalue weighted by atomic mass is 10.1. The highest BCUT2D eigenvalue weighted by molar-refractivity contribution is 5.93. The van der Waals surface area contributed by atoms with E-state index < -0.39 is 0 Å². The van der Waals surface area contributed by atoms with E-state index in [2.05, 4.69) is 11.4 Å². The van der Waals surface area contributed by atoms with Crippen LogP contribution in [0.5, 0.6) is 0 Å². The molecule has 0 saturated carbocycles. The van der Waals surface area contributed by atoms with Crippen molar-refractivity contribution in [3.05, 3.63) is 65.7 Å². The van der Waals surface area contributed by atoms with Gasteiger partial charge in [-0.3, -0.25) is 4.79 Å². The normalized spacial score (nSPS) is 20.8. The molecule has 134 valence electrons. The van der Waals surface area contributed by atoms with Gasteiger partial charge in [0.05, 0.1) is 11.6 Å². The lowest BCUT2D eigenvalue weighted by Crippen LogP contribution is -3.29. The summed E-state index contributed by atoms with van der Waals surface area (Å²) in [6.07, 6.45) is 0. The smallest absolute Gasteiger partial charge is 0.282 e. The van der Waals surface area contributed by atoms with Crippen molar-refractivity contribution in [3.8, 4) is 6.07 Å². The van der Waals surface area contributed by atoms with Crippen LogP contribution < -0.4 is 15.1 Å². The molecule has 0 radical (unpaired) electrons. The Morgan fingerprint density at radius 2 is 1.73 bits per heavy atom. The fourth-order valence-corrected chi connectivity index (χ4v) is 3.48. The molecule has 26 heavy (non-hydrogen) atoms. The average molecular weight is 350 g/mol. The zero-order valence-electron chi connectivity index (χ0n) is 15.2. The maximum absolute atomic E-state index is 12.5. The molecular weight excluding hydrogens is 324 g/mol. The van der Waals surface area contributed by atoms with Gasteiger partial charge in [0.1, 0.15) is 32.7 Å². The van der Waals surface area contributed by atoms with Gasteiger partial charge in [-0.2, -0.15) is 5.26 Å². The second-order valence-electron chi connectivity index (χ2n) is 6.97. The Labute approximate surface area is 154 Å². The second-order valence-corrected chi connectivity index (χ2v) is 6.97. The van der Waals surface area contributed by atoms with Crippen molar-refractivity contribution in [1.29, 1.82) is 5.26 Å². The van der Waals surface area contributed by atoms with Crippen LogP contribution in [0.4, 0.5) is 5.69 Å². The summed E-state index contributed by atoms with van der Waals surface area (Å²) in [7, 11) is 0. The van der Waals surface area contributed by atoms with Gasteiger partial charge in [-0.15, -0.1) is 0 Å². The molecule has 1 fully saturated rings. The van der Waals surface area contributed by atoms with E-state index in [4.69, 9.17) is 5.26 Å². The summed E-state index contributed by atoms with van der Waals surface area (Å²) in [5.74, 6) is 0.0849. The summed E-state index contributed by atoms with van der Waals surface area (Å²) in [5, 5.41) is 11.9. The van der Waals surface area contributed by atoms with Gasteiger partial charge in [-0.05, 0) is 31.2 Å². The number of para-hydroxylation sites is 1. The highest BCUT2D eigenvalue weighted by atomic mass is 16.2. The fraction of sp³-hybridized carbons (Fsp3) is 0.333. The Hall–Kier alpha value is -2.68. The first-order chi connectivity index (χ1) is 12.7. The molecule has 5 nitrogen and oxygen atoms in total. The second kappa shape index (κ2) is 8.61. The molecule has 1 saturated heterocycles. The Bertz CT molecular complexity index is 759. The van der Waals surface area contributed by atoms with Crippen molar-refractivity contribution in [2.45, 2.75) is 19.5 Å². The molecule has 1 aliphatic heterocycles. The van der Waals surface area contributed by atoms with E-state index in [-0.39, 0.29) is 11.9 Å². The van der Waals surface area contributed by atoms with Gasteiger partial charge in [0.2, 0.25) is 0 Å². The van der Waals surface area contributed by atoms with Crippen LogP contribution in [-0.4, -0.2) is 38.1 Å². The molecule has 3 N–H and O–H groups in total. The monoisotopic (exact) mass is 350 g/mol. The number of piperazine rings is 1. The van der Waals surface area contributed by atoms with Crippen molar-refractivity contribution in [2.75, 3.05) is 31.5 Å². The molecule has 2 aromatic rings. The van der Waals surface area contributed by atoms with Crippen LogP contribution in [0.25, 0.3) is 0 Å². The van der Waals surface area contributed by atoms with Crippen LogP contribution in [0.15, 0.2) is 54.6 Å². The van der Waals surface area contributed by atoms with Gasteiger partial charge in [-0.25, -0.2) is 0 Å². The van der Waals surface area contributed by atoms with Crippen LogP contribution >= 0.6 is 0 Å². The number of amides is 1. The number of anilines is 1. The zero-order valence-corrected chi connectivity index (χ0v) is 15.2. The Morgan fingerprint density at radius 1 is 1.08 bits per heavy atom. The molecular formula is C21H26N4O+2. The number of nitrogens with one attached hydrogen (secondary N) is 3. The summed E-state index contributed by atoms with van der Waals surface area (Å²) in [4.78, 5) is 15.4. The van der Waals surface area contributed by atoms with Crippen LogP contribution in [-0.2, 0) is 11.3 Å². The molecule has 0 aliphatic carbocycles. The highest BCUT2D eigenvalue weighted by Crippen LogP contribution is 2.05. The van der Waals surface area contributed by atoms with E-state index in [1.54, 1.807) is 0 Å². The minimum atomic E-state index is -0.0494. The largest absolute Gasteiger partial charge is 0.322 e. The fourth-order valence-electron chi connectivity index (χ4n) is 3.48.